The summed E-state index contributed by atoms with van der Waals surface area (Å²) in [5, 5.41) is 20.7. The molecule has 0 atom stereocenters. The van der Waals surface area contributed by atoms with Gasteiger partial charge in [0.25, 0.3) is 5.91 Å². The summed E-state index contributed by atoms with van der Waals surface area (Å²) in [5.41, 5.74) is 2.43. The summed E-state index contributed by atoms with van der Waals surface area (Å²) in [6, 6.07) is 7.00. The van der Waals surface area contributed by atoms with Gasteiger partial charge < -0.3 is 10.5 Å². The van der Waals surface area contributed by atoms with Crippen molar-refractivity contribution in [2.75, 3.05) is 5.32 Å². The van der Waals surface area contributed by atoms with Gasteiger partial charge in [0.1, 0.15) is 0 Å². The van der Waals surface area contributed by atoms with Crippen molar-refractivity contribution >= 4 is 17.3 Å². The van der Waals surface area contributed by atoms with E-state index in [1.165, 1.54) is 12.4 Å². The number of amides is 1. The molecule has 0 fully saturated rings. The Morgan fingerprint density at radius 3 is 2.61 bits per heavy atom. The van der Waals surface area contributed by atoms with E-state index in [-0.39, 0.29) is 5.91 Å². The number of oxime groups is 1. The van der Waals surface area contributed by atoms with Gasteiger partial charge in [0.15, 0.2) is 0 Å². The minimum atomic E-state index is -0.232. The average molecular weight is 244 g/mol. The molecule has 1 aromatic heterocycles. The van der Waals surface area contributed by atoms with E-state index in [1.54, 1.807) is 31.2 Å². The fraction of sp³-hybridized carbons (Fsp3) is 0.0833. The average Bonchev–Trinajstić information content (AvgIpc) is 2.92. The van der Waals surface area contributed by atoms with Crippen molar-refractivity contribution in [2.24, 2.45) is 5.16 Å². The number of carbonyl (C=O) groups is 1. The molecule has 1 amide bonds. The Morgan fingerprint density at radius 1 is 1.33 bits per heavy atom. The number of aromatic nitrogens is 2. The Hall–Kier alpha value is -2.63. The molecule has 0 aliphatic carbocycles. The first-order chi connectivity index (χ1) is 8.70. The highest BCUT2D eigenvalue weighted by molar-refractivity contribution is 6.04. The summed E-state index contributed by atoms with van der Waals surface area (Å²) in [6.45, 7) is 1.69. The molecule has 0 aliphatic heterocycles. The molecule has 6 nitrogen and oxygen atoms in total. The molecule has 0 aliphatic rings. The highest BCUT2D eigenvalue weighted by Gasteiger charge is 2.06. The van der Waals surface area contributed by atoms with Crippen LogP contribution in [-0.2, 0) is 0 Å². The number of nitrogens with one attached hydrogen (secondary N) is 2. The zero-order chi connectivity index (χ0) is 13.0. The van der Waals surface area contributed by atoms with Gasteiger partial charge in [0.05, 0.1) is 17.5 Å². The molecular formula is C12H12N4O2. The van der Waals surface area contributed by atoms with Crippen molar-refractivity contribution in [2.45, 2.75) is 6.92 Å². The molecule has 0 saturated heterocycles. The fourth-order valence-electron chi connectivity index (χ4n) is 1.43. The second kappa shape index (κ2) is 5.13. The van der Waals surface area contributed by atoms with Crippen molar-refractivity contribution in [3.8, 4) is 0 Å². The maximum Gasteiger partial charge on any atom is 0.258 e. The number of carbonyl (C=O) groups excluding carboxylic acids is 1. The topological polar surface area (TPSA) is 90.4 Å². The van der Waals surface area contributed by atoms with Gasteiger partial charge >= 0.3 is 0 Å². The zero-order valence-electron chi connectivity index (χ0n) is 9.71. The minimum Gasteiger partial charge on any atom is -0.411 e. The Morgan fingerprint density at radius 2 is 2.06 bits per heavy atom. The number of H-pyrrole nitrogens is 1. The Labute approximate surface area is 103 Å². The molecule has 18 heavy (non-hydrogen) atoms. The quantitative estimate of drug-likeness (QED) is 0.437. The third-order valence-electron chi connectivity index (χ3n) is 2.47. The van der Waals surface area contributed by atoms with Crippen LogP contribution in [0, 0.1) is 0 Å². The van der Waals surface area contributed by atoms with Crippen LogP contribution in [0.3, 0.4) is 0 Å². The SMILES string of the molecule is C/C(=N/O)c1ccc(NC(=O)c2cn[nH]c2)cc1. The lowest BCUT2D eigenvalue weighted by Crippen LogP contribution is -2.11. The number of aromatic amines is 1. The van der Waals surface area contributed by atoms with Crippen LogP contribution < -0.4 is 5.32 Å². The lowest BCUT2D eigenvalue weighted by Gasteiger charge is -2.04. The van der Waals surface area contributed by atoms with E-state index in [0.717, 1.165) is 5.56 Å². The minimum absolute atomic E-state index is 0.232. The lowest BCUT2D eigenvalue weighted by molar-refractivity contribution is 0.102. The first kappa shape index (κ1) is 11.8. The van der Waals surface area contributed by atoms with Gasteiger partial charge in [-0.25, -0.2) is 0 Å². The van der Waals surface area contributed by atoms with Crippen LogP contribution in [0.1, 0.15) is 22.8 Å². The number of hydrogen-bond donors (Lipinski definition) is 3. The summed E-state index contributed by atoms with van der Waals surface area (Å²) in [6.07, 6.45) is 2.97. The standard InChI is InChI=1S/C12H12N4O2/c1-8(16-18)9-2-4-11(5-3-9)15-12(17)10-6-13-14-7-10/h2-7,18H,1H3,(H,13,14)(H,15,17)/b16-8-. The maximum absolute atomic E-state index is 11.7. The van der Waals surface area contributed by atoms with Gasteiger partial charge in [-0.3, -0.25) is 9.89 Å². The van der Waals surface area contributed by atoms with Gasteiger partial charge in [0, 0.05) is 11.9 Å². The van der Waals surface area contributed by atoms with Gasteiger partial charge in [-0.05, 0) is 24.6 Å². The number of hydrogen-bond acceptors (Lipinski definition) is 4. The molecule has 1 heterocycles. The van der Waals surface area contributed by atoms with Gasteiger partial charge in [-0.1, -0.05) is 17.3 Å². The van der Waals surface area contributed by atoms with Crippen molar-refractivity contribution in [1.29, 1.82) is 0 Å². The Balaban J connectivity index is 2.09. The smallest absolute Gasteiger partial charge is 0.258 e. The number of benzene rings is 1. The van der Waals surface area contributed by atoms with Crippen LogP contribution in [0.5, 0.6) is 0 Å². The van der Waals surface area contributed by atoms with E-state index in [9.17, 15) is 4.79 Å². The summed E-state index contributed by atoms with van der Waals surface area (Å²) >= 11 is 0. The Kier molecular flexibility index (Phi) is 3.38. The predicted octanol–water partition coefficient (Wildman–Crippen LogP) is 1.86. The van der Waals surface area contributed by atoms with Crippen molar-refractivity contribution in [3.05, 3.63) is 47.8 Å². The Bertz CT molecular complexity index is 558. The van der Waals surface area contributed by atoms with E-state index >= 15 is 0 Å². The van der Waals surface area contributed by atoms with Crippen LogP contribution in [0.25, 0.3) is 0 Å². The van der Waals surface area contributed by atoms with Crippen molar-refractivity contribution < 1.29 is 10.0 Å². The van der Waals surface area contributed by atoms with Crippen LogP contribution in [-0.4, -0.2) is 27.0 Å². The third-order valence-corrected chi connectivity index (χ3v) is 2.47. The van der Waals surface area contributed by atoms with Crippen LogP contribution in [0.2, 0.25) is 0 Å². The molecule has 3 N–H and O–H groups in total. The van der Waals surface area contributed by atoms with Crippen LogP contribution >= 0.6 is 0 Å². The molecule has 6 heteroatoms. The van der Waals surface area contributed by atoms with Gasteiger partial charge in [-0.15, -0.1) is 0 Å². The first-order valence-corrected chi connectivity index (χ1v) is 5.30. The molecule has 1 aromatic carbocycles. The second-order valence-corrected chi connectivity index (χ2v) is 3.70. The van der Waals surface area contributed by atoms with E-state index in [1.807, 2.05) is 0 Å². The summed E-state index contributed by atoms with van der Waals surface area (Å²) in [5.74, 6) is -0.232. The summed E-state index contributed by atoms with van der Waals surface area (Å²) in [7, 11) is 0. The molecule has 0 unspecified atom stereocenters. The highest BCUT2D eigenvalue weighted by atomic mass is 16.4. The largest absolute Gasteiger partial charge is 0.411 e. The van der Waals surface area contributed by atoms with E-state index in [2.05, 4.69) is 20.7 Å². The second-order valence-electron chi connectivity index (χ2n) is 3.70. The van der Waals surface area contributed by atoms with E-state index in [0.29, 0.717) is 17.0 Å². The zero-order valence-corrected chi connectivity index (χ0v) is 9.71. The molecule has 92 valence electrons. The molecule has 0 saturated carbocycles. The van der Waals surface area contributed by atoms with Crippen molar-refractivity contribution in [1.82, 2.24) is 10.2 Å². The molecule has 0 spiro atoms. The maximum atomic E-state index is 11.7. The summed E-state index contributed by atoms with van der Waals surface area (Å²) < 4.78 is 0. The van der Waals surface area contributed by atoms with E-state index < -0.39 is 0 Å². The van der Waals surface area contributed by atoms with Gasteiger partial charge in [-0.2, -0.15) is 5.10 Å². The molecule has 0 radical (unpaired) electrons. The van der Waals surface area contributed by atoms with E-state index in [4.69, 9.17) is 5.21 Å². The highest BCUT2D eigenvalue weighted by Crippen LogP contribution is 2.11. The molecule has 2 aromatic rings. The van der Waals surface area contributed by atoms with Gasteiger partial charge in [0.2, 0.25) is 0 Å². The van der Waals surface area contributed by atoms with Crippen LogP contribution in [0.15, 0.2) is 41.8 Å². The first-order valence-electron chi connectivity index (χ1n) is 5.30. The monoisotopic (exact) mass is 244 g/mol. The lowest BCUT2D eigenvalue weighted by atomic mass is 10.1. The number of anilines is 1. The van der Waals surface area contributed by atoms with Crippen LogP contribution in [0.4, 0.5) is 5.69 Å². The fourth-order valence-corrected chi connectivity index (χ4v) is 1.43. The normalized spacial score (nSPS) is 11.3. The number of nitrogens with zero attached hydrogens (tertiary/aromatic N) is 2. The number of rotatable bonds is 3. The summed E-state index contributed by atoms with van der Waals surface area (Å²) in [4.78, 5) is 11.7. The molecule has 0 bridgehead atoms. The van der Waals surface area contributed by atoms with Crippen molar-refractivity contribution in [3.63, 3.8) is 0 Å². The third kappa shape index (κ3) is 2.54. The molecule has 2 rings (SSSR count). The molecular weight excluding hydrogens is 232 g/mol. The predicted molar refractivity (Wildman–Crippen MR) is 67.0 cm³/mol.